The van der Waals surface area contributed by atoms with Crippen molar-refractivity contribution in [3.63, 3.8) is 0 Å². The Bertz CT molecular complexity index is 627. The minimum absolute atomic E-state index is 0.0180. The summed E-state index contributed by atoms with van der Waals surface area (Å²) in [4.78, 5) is 12.0. The van der Waals surface area contributed by atoms with Gasteiger partial charge in [-0.05, 0) is 29.7 Å². The lowest BCUT2D eigenvalue weighted by Gasteiger charge is -2.21. The van der Waals surface area contributed by atoms with Crippen LogP contribution in [0.5, 0.6) is 0 Å². The highest BCUT2D eigenvalue weighted by Crippen LogP contribution is 2.22. The van der Waals surface area contributed by atoms with Gasteiger partial charge in [-0.15, -0.1) is 6.42 Å². The maximum Gasteiger partial charge on any atom is 0.248 e. The van der Waals surface area contributed by atoms with Gasteiger partial charge in [0, 0.05) is 18.5 Å². The van der Waals surface area contributed by atoms with Gasteiger partial charge in [-0.3, -0.25) is 4.79 Å². The Morgan fingerprint density at radius 2 is 2.10 bits per heavy atom. The van der Waals surface area contributed by atoms with E-state index in [0.717, 1.165) is 22.3 Å². The van der Waals surface area contributed by atoms with Gasteiger partial charge in [-0.1, -0.05) is 48.4 Å². The number of nitrogens with one attached hydrogen (secondary N) is 1. The van der Waals surface area contributed by atoms with E-state index < -0.39 is 0 Å². The van der Waals surface area contributed by atoms with E-state index in [1.807, 2.05) is 49.4 Å². The molecule has 0 spiro atoms. The van der Waals surface area contributed by atoms with Crippen LogP contribution in [-0.4, -0.2) is 12.5 Å². The van der Waals surface area contributed by atoms with Gasteiger partial charge in [0.15, 0.2) is 0 Å². The molecule has 0 bridgehead atoms. The van der Waals surface area contributed by atoms with Crippen LogP contribution >= 0.6 is 0 Å². The quantitative estimate of drug-likeness (QED) is 0.835. The van der Waals surface area contributed by atoms with Crippen LogP contribution < -0.4 is 5.32 Å². The molecule has 1 N–H and O–H groups in total. The van der Waals surface area contributed by atoms with Crippen LogP contribution in [0.1, 0.15) is 12.5 Å². The first-order valence-corrected chi connectivity index (χ1v) is 6.56. The van der Waals surface area contributed by atoms with Crippen molar-refractivity contribution in [2.45, 2.75) is 13.3 Å². The van der Waals surface area contributed by atoms with Crippen LogP contribution in [0.25, 0.3) is 0 Å². The van der Waals surface area contributed by atoms with Crippen molar-refractivity contribution in [3.05, 3.63) is 70.8 Å². The SMILES string of the molecule is C#C/C=C\C=C1/CNC(=O)C(Cc2ccccc2)=C1C. The van der Waals surface area contributed by atoms with E-state index in [4.69, 9.17) is 6.42 Å². The highest BCUT2D eigenvalue weighted by atomic mass is 16.1. The lowest BCUT2D eigenvalue weighted by molar-refractivity contribution is -0.117. The Labute approximate surface area is 119 Å². The Kier molecular flexibility index (Phi) is 4.57. The summed E-state index contributed by atoms with van der Waals surface area (Å²) >= 11 is 0. The fraction of sp³-hybridized carbons (Fsp3) is 0.167. The molecule has 0 unspecified atom stereocenters. The van der Waals surface area contributed by atoms with Gasteiger partial charge < -0.3 is 5.32 Å². The molecule has 1 aromatic rings. The molecule has 100 valence electrons. The van der Waals surface area contributed by atoms with Gasteiger partial charge in [0.2, 0.25) is 5.91 Å². The molecule has 1 amide bonds. The van der Waals surface area contributed by atoms with Crippen molar-refractivity contribution in [1.29, 1.82) is 0 Å². The van der Waals surface area contributed by atoms with Gasteiger partial charge in [0.25, 0.3) is 0 Å². The highest BCUT2D eigenvalue weighted by molar-refractivity contribution is 5.97. The second-order valence-corrected chi connectivity index (χ2v) is 4.67. The Morgan fingerprint density at radius 1 is 1.35 bits per heavy atom. The van der Waals surface area contributed by atoms with E-state index in [2.05, 4.69) is 11.2 Å². The molecule has 0 atom stereocenters. The van der Waals surface area contributed by atoms with Crippen LogP contribution in [0.15, 0.2) is 65.3 Å². The Balaban J connectivity index is 2.30. The zero-order chi connectivity index (χ0) is 14.4. The number of allylic oxidation sites excluding steroid dienone is 3. The lowest BCUT2D eigenvalue weighted by Crippen LogP contribution is -2.33. The smallest absolute Gasteiger partial charge is 0.248 e. The van der Waals surface area contributed by atoms with Crippen molar-refractivity contribution in [2.75, 3.05) is 6.54 Å². The summed E-state index contributed by atoms with van der Waals surface area (Å²) in [6.45, 7) is 2.55. The van der Waals surface area contributed by atoms with Gasteiger partial charge in [-0.25, -0.2) is 0 Å². The molecule has 1 aromatic carbocycles. The van der Waals surface area contributed by atoms with Crippen molar-refractivity contribution < 1.29 is 4.79 Å². The number of hydrogen-bond acceptors (Lipinski definition) is 1. The minimum atomic E-state index is 0.0180. The predicted octanol–water partition coefficient (Wildman–Crippen LogP) is 2.79. The summed E-state index contributed by atoms with van der Waals surface area (Å²) in [5, 5.41) is 2.91. The largest absolute Gasteiger partial charge is 0.348 e. The van der Waals surface area contributed by atoms with E-state index in [0.29, 0.717) is 13.0 Å². The molecule has 0 saturated carbocycles. The fourth-order valence-corrected chi connectivity index (χ4v) is 2.20. The third-order valence-electron chi connectivity index (χ3n) is 3.36. The zero-order valence-electron chi connectivity index (χ0n) is 11.5. The van der Waals surface area contributed by atoms with Crippen LogP contribution in [0.2, 0.25) is 0 Å². The number of terminal acetylenes is 1. The topological polar surface area (TPSA) is 29.1 Å². The monoisotopic (exact) mass is 263 g/mol. The minimum Gasteiger partial charge on any atom is -0.348 e. The highest BCUT2D eigenvalue weighted by Gasteiger charge is 2.20. The molecule has 0 aromatic heterocycles. The molecule has 2 rings (SSSR count). The van der Waals surface area contributed by atoms with E-state index in [9.17, 15) is 4.79 Å². The number of amides is 1. The normalized spacial score (nSPS) is 17.4. The van der Waals surface area contributed by atoms with Gasteiger partial charge in [-0.2, -0.15) is 0 Å². The molecule has 0 saturated heterocycles. The average molecular weight is 263 g/mol. The van der Waals surface area contributed by atoms with Crippen molar-refractivity contribution in [2.24, 2.45) is 0 Å². The third kappa shape index (κ3) is 3.27. The second-order valence-electron chi connectivity index (χ2n) is 4.67. The summed E-state index contributed by atoms with van der Waals surface area (Å²) in [7, 11) is 0. The lowest BCUT2D eigenvalue weighted by atomic mass is 9.92. The van der Waals surface area contributed by atoms with E-state index >= 15 is 0 Å². The summed E-state index contributed by atoms with van der Waals surface area (Å²) < 4.78 is 0. The molecule has 0 aliphatic carbocycles. The zero-order valence-corrected chi connectivity index (χ0v) is 11.5. The second kappa shape index (κ2) is 6.58. The standard InChI is InChI=1S/C18H17NO/c1-3-4-6-11-16-13-19-18(20)17(14(16)2)12-15-9-7-5-8-10-15/h1,4-11H,12-13H2,2H3,(H,19,20)/b6-4-,16-11+. The first-order chi connectivity index (χ1) is 9.72. The van der Waals surface area contributed by atoms with Gasteiger partial charge >= 0.3 is 0 Å². The molecular weight excluding hydrogens is 246 g/mol. The molecule has 0 fully saturated rings. The molecule has 2 heteroatoms. The van der Waals surface area contributed by atoms with Crippen molar-refractivity contribution >= 4 is 5.91 Å². The summed E-state index contributed by atoms with van der Waals surface area (Å²) in [5.74, 6) is 2.47. The van der Waals surface area contributed by atoms with E-state index in [1.54, 1.807) is 6.08 Å². The Morgan fingerprint density at radius 3 is 2.80 bits per heavy atom. The average Bonchev–Trinajstić information content (AvgIpc) is 2.47. The summed E-state index contributed by atoms with van der Waals surface area (Å²) in [5.41, 5.74) is 4.10. The summed E-state index contributed by atoms with van der Waals surface area (Å²) in [6, 6.07) is 10.0. The molecular formula is C18H17NO. The first kappa shape index (κ1) is 13.9. The van der Waals surface area contributed by atoms with Crippen LogP contribution in [0.3, 0.4) is 0 Å². The van der Waals surface area contributed by atoms with Gasteiger partial charge in [0.05, 0.1) is 0 Å². The van der Waals surface area contributed by atoms with Gasteiger partial charge in [0.1, 0.15) is 0 Å². The number of carbonyl (C=O) groups excluding carboxylic acids is 1. The Hall–Kier alpha value is -2.53. The number of benzene rings is 1. The maximum atomic E-state index is 12.0. The first-order valence-electron chi connectivity index (χ1n) is 6.56. The number of carbonyl (C=O) groups is 1. The number of hydrogen-bond donors (Lipinski definition) is 1. The third-order valence-corrected chi connectivity index (χ3v) is 3.36. The maximum absolute atomic E-state index is 12.0. The van der Waals surface area contributed by atoms with Crippen LogP contribution in [0.4, 0.5) is 0 Å². The summed E-state index contributed by atoms with van der Waals surface area (Å²) in [6.07, 6.45) is 11.3. The molecule has 2 nitrogen and oxygen atoms in total. The van der Waals surface area contributed by atoms with Crippen molar-refractivity contribution in [1.82, 2.24) is 5.32 Å². The van der Waals surface area contributed by atoms with E-state index in [1.165, 1.54) is 0 Å². The number of rotatable bonds is 3. The fourth-order valence-electron chi connectivity index (χ4n) is 2.20. The van der Waals surface area contributed by atoms with E-state index in [-0.39, 0.29) is 5.91 Å². The molecule has 1 heterocycles. The molecule has 20 heavy (non-hydrogen) atoms. The molecule has 1 aliphatic rings. The molecule has 1 aliphatic heterocycles. The predicted molar refractivity (Wildman–Crippen MR) is 81.9 cm³/mol. The van der Waals surface area contributed by atoms with Crippen LogP contribution in [-0.2, 0) is 11.2 Å². The van der Waals surface area contributed by atoms with Crippen molar-refractivity contribution in [3.8, 4) is 12.3 Å². The van der Waals surface area contributed by atoms with Crippen LogP contribution in [0, 0.1) is 12.3 Å². The molecule has 0 radical (unpaired) electrons.